The summed E-state index contributed by atoms with van der Waals surface area (Å²) in [6.45, 7) is 1.96. The Kier molecular flexibility index (Phi) is 2.73. The molecule has 0 unspecified atom stereocenters. The van der Waals surface area contributed by atoms with E-state index in [1.807, 2.05) is 13.0 Å². The quantitative estimate of drug-likeness (QED) is 0.819. The number of aryl methyl sites for hydroxylation is 1. The smallest absolute Gasteiger partial charge is 0.231 e. The first-order valence-electron chi connectivity index (χ1n) is 2.73. The van der Waals surface area contributed by atoms with Crippen LogP contribution in [0.1, 0.15) is 5.56 Å². The topological polar surface area (TPSA) is 46.0 Å². The molecule has 0 aliphatic carbocycles. The van der Waals surface area contributed by atoms with E-state index in [2.05, 4.69) is 4.98 Å². The highest BCUT2D eigenvalue weighted by molar-refractivity contribution is 14.1. The van der Waals surface area contributed by atoms with Crippen LogP contribution in [0.25, 0.3) is 0 Å². The lowest BCUT2D eigenvalue weighted by molar-refractivity contribution is 0.678. The lowest BCUT2D eigenvalue weighted by Crippen LogP contribution is -1.80. The van der Waals surface area contributed by atoms with Crippen LogP contribution in [0.15, 0.2) is 18.3 Å². The Morgan fingerprint density at radius 1 is 1.60 bits per heavy atom. The molecule has 0 amide bonds. The van der Waals surface area contributed by atoms with Crippen LogP contribution < -0.4 is 3.07 Å². The van der Waals surface area contributed by atoms with Gasteiger partial charge in [-0.15, -0.1) is 0 Å². The molecule has 0 radical (unpaired) electrons. The second-order valence-electron chi connectivity index (χ2n) is 1.83. The molecule has 1 rings (SSSR count). The van der Waals surface area contributed by atoms with Crippen molar-refractivity contribution in [2.45, 2.75) is 6.92 Å². The highest BCUT2D eigenvalue weighted by Crippen LogP contribution is 2.11. The number of hydrogen-bond acceptors (Lipinski definition) is 3. The van der Waals surface area contributed by atoms with Gasteiger partial charge in [-0.25, -0.2) is 8.55 Å². The first kappa shape index (κ1) is 7.59. The normalized spacial score (nSPS) is 9.30. The van der Waals surface area contributed by atoms with Crippen LogP contribution >= 0.6 is 21.4 Å². The maximum atomic E-state index is 6.84. The molecule has 0 spiro atoms. The van der Waals surface area contributed by atoms with E-state index < -0.39 is 21.4 Å². The molecule has 10 heavy (non-hydrogen) atoms. The molecule has 54 valence electrons. The number of nitrogens with one attached hydrogen (secondary N) is 1. The molecule has 0 aliphatic heterocycles. The zero-order valence-corrected chi connectivity index (χ0v) is 7.62. The van der Waals surface area contributed by atoms with E-state index in [1.165, 1.54) is 0 Å². The van der Waals surface area contributed by atoms with Crippen molar-refractivity contribution in [2.75, 3.05) is 0 Å². The third-order valence-electron chi connectivity index (χ3n) is 1.00. The van der Waals surface area contributed by atoms with Crippen LogP contribution in [0.3, 0.4) is 0 Å². The Hall–Kier alpha value is -0.520. The van der Waals surface area contributed by atoms with Gasteiger partial charge < -0.3 is 3.07 Å². The Balaban J connectivity index is 2.78. The minimum Gasteiger partial charge on any atom is -0.400 e. The third kappa shape index (κ3) is 2.02. The van der Waals surface area contributed by atoms with Gasteiger partial charge in [-0.2, -0.15) is 0 Å². The highest BCUT2D eigenvalue weighted by Gasteiger charge is 1.89. The summed E-state index contributed by atoms with van der Waals surface area (Å²) in [4.78, 5) is 3.95. The van der Waals surface area contributed by atoms with Gasteiger partial charge >= 0.3 is 0 Å². The summed E-state index contributed by atoms with van der Waals surface area (Å²) in [6.07, 6.45) is 1.73. The van der Waals surface area contributed by atoms with Gasteiger partial charge in [0.1, 0.15) is 0 Å². The summed E-state index contributed by atoms with van der Waals surface area (Å²) in [6, 6.07) is 3.70. The minimum absolute atomic E-state index is 0.563. The minimum atomic E-state index is -0.894. The molecule has 0 fully saturated rings. The van der Waals surface area contributed by atoms with Crippen molar-refractivity contribution in [3.63, 3.8) is 0 Å². The predicted molar refractivity (Wildman–Crippen MR) is 46.3 cm³/mol. The molecule has 0 saturated heterocycles. The van der Waals surface area contributed by atoms with E-state index in [4.69, 9.17) is 6.63 Å². The van der Waals surface area contributed by atoms with Crippen LogP contribution in [0.5, 0.6) is 5.88 Å². The second kappa shape index (κ2) is 3.60. The van der Waals surface area contributed by atoms with Gasteiger partial charge in [-0.3, -0.25) is 0 Å². The molecule has 1 aromatic heterocycles. The molecule has 0 atom stereocenters. The highest BCUT2D eigenvalue weighted by atomic mass is 127. The number of pyridine rings is 1. The van der Waals surface area contributed by atoms with Gasteiger partial charge in [0.25, 0.3) is 0 Å². The van der Waals surface area contributed by atoms with E-state index >= 15 is 0 Å². The zero-order chi connectivity index (χ0) is 7.40. The second-order valence-corrected chi connectivity index (χ2v) is 2.71. The predicted octanol–water partition coefficient (Wildman–Crippen LogP) is 2.42. The summed E-state index contributed by atoms with van der Waals surface area (Å²) in [5, 5.41) is 0. The van der Waals surface area contributed by atoms with Crippen molar-refractivity contribution in [3.05, 3.63) is 23.9 Å². The van der Waals surface area contributed by atoms with E-state index in [9.17, 15) is 0 Å². The summed E-state index contributed by atoms with van der Waals surface area (Å²) in [7, 11) is 0. The molecule has 0 saturated carbocycles. The molecule has 0 bridgehead atoms. The van der Waals surface area contributed by atoms with Crippen molar-refractivity contribution < 1.29 is 3.07 Å². The van der Waals surface area contributed by atoms with E-state index in [-0.39, 0.29) is 0 Å². The van der Waals surface area contributed by atoms with Crippen LogP contribution in [-0.4, -0.2) is 4.98 Å². The van der Waals surface area contributed by atoms with Crippen molar-refractivity contribution in [1.82, 2.24) is 4.98 Å². The lowest BCUT2D eigenvalue weighted by atomic mass is 10.3. The monoisotopic (exact) mass is 250 g/mol. The maximum Gasteiger partial charge on any atom is 0.231 e. The van der Waals surface area contributed by atoms with Gasteiger partial charge in [0.05, 0.1) is 0 Å². The summed E-state index contributed by atoms with van der Waals surface area (Å²) in [5.74, 6) is 0.563. The number of nitrogens with zero attached hydrogens (tertiary/aromatic N) is 1. The van der Waals surface area contributed by atoms with Gasteiger partial charge in [0.15, 0.2) is 0 Å². The molecule has 3 nitrogen and oxygen atoms in total. The van der Waals surface area contributed by atoms with Crippen molar-refractivity contribution in [1.29, 1.82) is 3.56 Å². The first-order chi connectivity index (χ1) is 4.83. The lowest BCUT2D eigenvalue weighted by Gasteiger charge is -1.94. The summed E-state index contributed by atoms with van der Waals surface area (Å²) >= 11 is -0.894. The fraction of sp³-hybridized carbons (Fsp3) is 0.167. The maximum absolute atomic E-state index is 6.84. The van der Waals surface area contributed by atoms with E-state index in [0.29, 0.717) is 5.88 Å². The molecule has 4 heteroatoms. The van der Waals surface area contributed by atoms with Gasteiger partial charge in [0.2, 0.25) is 27.3 Å². The standard InChI is InChI=1S/C6H7IN2O/c1-5-2-3-6(9-4-5)10-7-8/h2-4,8H,1H3. The van der Waals surface area contributed by atoms with Crippen LogP contribution in [-0.2, 0) is 0 Å². The number of rotatable bonds is 2. The summed E-state index contributed by atoms with van der Waals surface area (Å²) < 4.78 is 11.8. The number of hydrogen-bond donors (Lipinski definition) is 1. The average Bonchev–Trinajstić information content (AvgIpc) is 1.95. The SMILES string of the molecule is Cc1ccc(OI=N)nc1. The van der Waals surface area contributed by atoms with Gasteiger partial charge in [0, 0.05) is 12.3 Å². The molecule has 1 aromatic rings. The Bertz CT molecular complexity index is 222. The number of aromatic nitrogens is 1. The largest absolute Gasteiger partial charge is 0.400 e. The van der Waals surface area contributed by atoms with Gasteiger partial charge in [-0.05, 0) is 12.5 Å². The van der Waals surface area contributed by atoms with Crippen molar-refractivity contribution >= 4 is 21.4 Å². The molecule has 0 aliphatic rings. The summed E-state index contributed by atoms with van der Waals surface area (Å²) in [5.41, 5.74) is 1.11. The first-order valence-corrected chi connectivity index (χ1v) is 4.69. The molecular weight excluding hydrogens is 243 g/mol. The van der Waals surface area contributed by atoms with E-state index in [1.54, 1.807) is 12.3 Å². The molecule has 0 aromatic carbocycles. The molecule has 1 N–H and O–H groups in total. The van der Waals surface area contributed by atoms with E-state index in [0.717, 1.165) is 5.56 Å². The Labute approximate surface area is 69.9 Å². The zero-order valence-electron chi connectivity index (χ0n) is 5.47. The Morgan fingerprint density at radius 2 is 2.40 bits per heavy atom. The van der Waals surface area contributed by atoms with Gasteiger partial charge in [-0.1, -0.05) is 6.07 Å². The molecule has 1 heterocycles. The van der Waals surface area contributed by atoms with Crippen molar-refractivity contribution in [3.8, 4) is 5.88 Å². The van der Waals surface area contributed by atoms with Crippen LogP contribution in [0, 0.1) is 10.5 Å². The Morgan fingerprint density at radius 3 is 2.90 bits per heavy atom. The van der Waals surface area contributed by atoms with Crippen molar-refractivity contribution in [2.24, 2.45) is 0 Å². The van der Waals surface area contributed by atoms with Crippen LogP contribution in [0.2, 0.25) is 0 Å². The molecular formula is C6H7IN2O. The van der Waals surface area contributed by atoms with Crippen LogP contribution in [0.4, 0.5) is 0 Å². The number of halogens is 1. The third-order valence-corrected chi connectivity index (χ3v) is 1.67. The fourth-order valence-corrected chi connectivity index (χ4v) is 1.03. The average molecular weight is 250 g/mol. The fourth-order valence-electron chi connectivity index (χ4n) is 0.539.